The van der Waals surface area contributed by atoms with E-state index in [1.807, 2.05) is 43.3 Å². The monoisotopic (exact) mass is 407 g/mol. The van der Waals surface area contributed by atoms with Crippen molar-refractivity contribution in [2.45, 2.75) is 38.7 Å². The van der Waals surface area contributed by atoms with Gasteiger partial charge in [-0.05, 0) is 51.3 Å². The van der Waals surface area contributed by atoms with Crippen molar-refractivity contribution in [2.75, 3.05) is 26.2 Å². The molecule has 5 nitrogen and oxygen atoms in total. The van der Waals surface area contributed by atoms with E-state index in [-0.39, 0.29) is 11.5 Å². The summed E-state index contributed by atoms with van der Waals surface area (Å²) < 4.78 is 12.1. The number of piperidine rings is 1. The molecule has 1 aliphatic heterocycles. The zero-order valence-electron chi connectivity index (χ0n) is 17.5. The van der Waals surface area contributed by atoms with Crippen molar-refractivity contribution in [2.24, 2.45) is 0 Å². The normalized spacial score (nSPS) is 15.5. The molecule has 30 heavy (non-hydrogen) atoms. The van der Waals surface area contributed by atoms with Crippen molar-refractivity contribution in [3.8, 4) is 17.1 Å². The second-order valence-electron chi connectivity index (χ2n) is 8.03. The molecule has 0 aliphatic carbocycles. The fourth-order valence-electron chi connectivity index (χ4n) is 4.00. The van der Waals surface area contributed by atoms with Gasteiger partial charge < -0.3 is 19.2 Å². The Kier molecular flexibility index (Phi) is 6.50. The molecule has 1 saturated heterocycles. The molecule has 1 fully saturated rings. The molecule has 4 rings (SSSR count). The molecule has 0 atom stereocenters. The van der Waals surface area contributed by atoms with E-state index < -0.39 is 0 Å². The van der Waals surface area contributed by atoms with Crippen LogP contribution in [0.1, 0.15) is 31.2 Å². The molecule has 1 aromatic heterocycles. The molecule has 0 amide bonds. The highest BCUT2D eigenvalue weighted by molar-refractivity contribution is 5.83. The Morgan fingerprint density at radius 1 is 1.10 bits per heavy atom. The zero-order chi connectivity index (χ0) is 20.9. The minimum atomic E-state index is -0.122. The van der Waals surface area contributed by atoms with Crippen LogP contribution in [-0.4, -0.2) is 42.4 Å². The van der Waals surface area contributed by atoms with Crippen LogP contribution in [0, 0.1) is 6.92 Å². The number of rotatable bonds is 7. The van der Waals surface area contributed by atoms with Gasteiger partial charge in [-0.2, -0.15) is 0 Å². The van der Waals surface area contributed by atoms with Crippen molar-refractivity contribution < 1.29 is 14.3 Å². The number of aryl methyl sites for hydroxylation is 1. The number of benzene rings is 2. The topological polar surface area (TPSA) is 62.9 Å². The summed E-state index contributed by atoms with van der Waals surface area (Å²) in [6.45, 7) is 5.57. The highest BCUT2D eigenvalue weighted by Crippen LogP contribution is 2.29. The molecule has 0 radical (unpaired) electrons. The molecular formula is C25H29NO4. The zero-order valence-corrected chi connectivity index (χ0v) is 17.5. The summed E-state index contributed by atoms with van der Waals surface area (Å²) in [6, 6.07) is 14.9. The molecule has 1 aliphatic rings. The number of aliphatic hydroxyl groups is 1. The van der Waals surface area contributed by atoms with Gasteiger partial charge in [-0.1, -0.05) is 30.3 Å². The van der Waals surface area contributed by atoms with Crippen LogP contribution in [0.4, 0.5) is 0 Å². The van der Waals surface area contributed by atoms with Crippen LogP contribution in [0.3, 0.4) is 0 Å². The van der Waals surface area contributed by atoms with E-state index in [0.29, 0.717) is 23.3 Å². The lowest BCUT2D eigenvalue weighted by Gasteiger charge is -2.29. The van der Waals surface area contributed by atoms with E-state index in [1.54, 1.807) is 12.1 Å². The first-order valence-corrected chi connectivity index (χ1v) is 10.8. The Bertz CT molecular complexity index is 1040. The van der Waals surface area contributed by atoms with Crippen molar-refractivity contribution in [3.05, 3.63) is 64.3 Å². The molecule has 0 unspecified atom stereocenters. The number of ether oxygens (including phenoxy) is 1. The van der Waals surface area contributed by atoms with Crippen LogP contribution in [0.25, 0.3) is 22.3 Å². The molecule has 0 saturated carbocycles. The maximum Gasteiger partial charge on any atom is 0.193 e. The summed E-state index contributed by atoms with van der Waals surface area (Å²) in [6.07, 6.45) is 3.66. The summed E-state index contributed by atoms with van der Waals surface area (Å²) in [4.78, 5) is 15.0. The Balaban J connectivity index is 1.41. The first kappa shape index (κ1) is 20.6. The van der Waals surface area contributed by atoms with Gasteiger partial charge in [-0.15, -0.1) is 0 Å². The number of fused-ring (bicyclic) bond motifs is 1. The Morgan fingerprint density at radius 3 is 2.63 bits per heavy atom. The lowest BCUT2D eigenvalue weighted by Crippen LogP contribution is -2.36. The van der Waals surface area contributed by atoms with Gasteiger partial charge in [0.1, 0.15) is 17.1 Å². The predicted molar refractivity (Wildman–Crippen MR) is 119 cm³/mol. The third kappa shape index (κ3) is 4.74. The van der Waals surface area contributed by atoms with Crippen LogP contribution in [-0.2, 0) is 0 Å². The smallest absolute Gasteiger partial charge is 0.193 e. The summed E-state index contributed by atoms with van der Waals surface area (Å²) in [7, 11) is 0. The summed E-state index contributed by atoms with van der Waals surface area (Å²) in [5, 5.41) is 10.2. The standard InChI is InChI=1S/C25H29NO4/c1-18-23(29-16-6-5-13-26-14-11-20(27)12-15-26)10-9-21-22(28)17-24(30-25(18)21)19-7-3-2-4-8-19/h2-4,7-10,17,20,27H,5-6,11-16H2,1H3. The lowest BCUT2D eigenvalue weighted by molar-refractivity contribution is 0.0812. The molecular weight excluding hydrogens is 378 g/mol. The van der Waals surface area contributed by atoms with Gasteiger partial charge in [0.05, 0.1) is 18.1 Å². The van der Waals surface area contributed by atoms with E-state index in [4.69, 9.17) is 9.15 Å². The van der Waals surface area contributed by atoms with E-state index >= 15 is 0 Å². The van der Waals surface area contributed by atoms with Crippen LogP contribution >= 0.6 is 0 Å². The second-order valence-corrected chi connectivity index (χ2v) is 8.03. The average molecular weight is 408 g/mol. The van der Waals surface area contributed by atoms with E-state index in [0.717, 1.165) is 62.2 Å². The van der Waals surface area contributed by atoms with E-state index in [2.05, 4.69) is 4.90 Å². The first-order valence-electron chi connectivity index (χ1n) is 10.8. The highest BCUT2D eigenvalue weighted by Gasteiger charge is 2.16. The Labute approximate surface area is 176 Å². The van der Waals surface area contributed by atoms with Crippen molar-refractivity contribution >= 4 is 11.0 Å². The SMILES string of the molecule is Cc1c(OCCCCN2CCC(O)CC2)ccc2c(=O)cc(-c3ccccc3)oc12. The molecule has 2 aromatic carbocycles. The maximum atomic E-state index is 12.6. The van der Waals surface area contributed by atoms with Crippen molar-refractivity contribution in [1.29, 1.82) is 0 Å². The second kappa shape index (κ2) is 9.45. The van der Waals surface area contributed by atoms with Gasteiger partial charge in [0, 0.05) is 30.3 Å². The largest absolute Gasteiger partial charge is 0.493 e. The van der Waals surface area contributed by atoms with Gasteiger partial charge in [0.2, 0.25) is 0 Å². The van der Waals surface area contributed by atoms with Gasteiger partial charge in [0.25, 0.3) is 0 Å². The molecule has 2 heterocycles. The molecule has 158 valence electrons. The molecule has 1 N–H and O–H groups in total. The van der Waals surface area contributed by atoms with E-state index in [1.165, 1.54) is 0 Å². The van der Waals surface area contributed by atoms with Crippen LogP contribution < -0.4 is 10.2 Å². The number of hydrogen-bond donors (Lipinski definition) is 1. The van der Waals surface area contributed by atoms with Crippen LogP contribution in [0.15, 0.2) is 57.7 Å². The minimum Gasteiger partial charge on any atom is -0.493 e. The maximum absolute atomic E-state index is 12.6. The average Bonchev–Trinajstić information content (AvgIpc) is 2.77. The summed E-state index contributed by atoms with van der Waals surface area (Å²) >= 11 is 0. The molecule has 5 heteroatoms. The third-order valence-electron chi connectivity index (χ3n) is 5.84. The number of nitrogens with zero attached hydrogens (tertiary/aromatic N) is 1. The Hall–Kier alpha value is -2.63. The summed E-state index contributed by atoms with van der Waals surface area (Å²) in [5.41, 5.74) is 2.28. The van der Waals surface area contributed by atoms with Crippen molar-refractivity contribution in [3.63, 3.8) is 0 Å². The van der Waals surface area contributed by atoms with Crippen molar-refractivity contribution in [1.82, 2.24) is 4.90 Å². The molecule has 0 spiro atoms. The van der Waals surface area contributed by atoms with Gasteiger partial charge >= 0.3 is 0 Å². The molecule has 0 bridgehead atoms. The highest BCUT2D eigenvalue weighted by atomic mass is 16.5. The van der Waals surface area contributed by atoms with Gasteiger partial charge in [0.15, 0.2) is 5.43 Å². The van der Waals surface area contributed by atoms with E-state index in [9.17, 15) is 9.90 Å². The minimum absolute atomic E-state index is 0.0450. The summed E-state index contributed by atoms with van der Waals surface area (Å²) in [5.74, 6) is 1.33. The third-order valence-corrected chi connectivity index (χ3v) is 5.84. The molecule has 3 aromatic rings. The van der Waals surface area contributed by atoms with Gasteiger partial charge in [-0.3, -0.25) is 4.79 Å². The van der Waals surface area contributed by atoms with Crippen LogP contribution in [0.2, 0.25) is 0 Å². The number of aliphatic hydroxyl groups excluding tert-OH is 1. The fraction of sp³-hybridized carbons (Fsp3) is 0.400. The first-order chi connectivity index (χ1) is 14.6. The Morgan fingerprint density at radius 2 is 1.87 bits per heavy atom. The number of hydrogen-bond acceptors (Lipinski definition) is 5. The predicted octanol–water partition coefficient (Wildman–Crippen LogP) is 4.38. The quantitative estimate of drug-likeness (QED) is 0.589. The fourth-order valence-corrected chi connectivity index (χ4v) is 4.00. The number of likely N-dealkylation sites (tertiary alicyclic amines) is 1. The van der Waals surface area contributed by atoms with Crippen LogP contribution in [0.5, 0.6) is 5.75 Å². The number of unbranched alkanes of at least 4 members (excludes halogenated alkanes) is 1. The lowest BCUT2D eigenvalue weighted by atomic mass is 10.1. The van der Waals surface area contributed by atoms with Gasteiger partial charge in [-0.25, -0.2) is 0 Å².